The number of carbonyl (C=O) groups excluding carboxylic acids is 1. The van der Waals surface area contributed by atoms with Gasteiger partial charge >= 0.3 is 5.97 Å². The molecule has 0 radical (unpaired) electrons. The molecule has 0 aliphatic carbocycles. The molecule has 1 aliphatic rings. The van der Waals surface area contributed by atoms with Crippen molar-refractivity contribution in [3.8, 4) is 0 Å². The summed E-state index contributed by atoms with van der Waals surface area (Å²) in [4.78, 5) is 12.4. The summed E-state index contributed by atoms with van der Waals surface area (Å²) < 4.78 is 24.8. The summed E-state index contributed by atoms with van der Waals surface area (Å²) in [6, 6.07) is 18.9. The summed E-state index contributed by atoms with van der Waals surface area (Å²) in [6.07, 6.45) is 0.345. The van der Waals surface area contributed by atoms with E-state index in [1.165, 1.54) is 7.11 Å². The third-order valence-electron chi connectivity index (χ3n) is 4.39. The molecule has 0 bridgehead atoms. The van der Waals surface area contributed by atoms with Gasteiger partial charge in [0.2, 0.25) is 7.37 Å². The topological polar surface area (TPSA) is 52.6 Å². The Hall–Kier alpha value is -2.16. The van der Waals surface area contributed by atoms with Crippen molar-refractivity contribution in [2.75, 3.05) is 13.7 Å². The van der Waals surface area contributed by atoms with E-state index in [0.29, 0.717) is 23.9 Å². The van der Waals surface area contributed by atoms with E-state index in [2.05, 4.69) is 0 Å². The highest BCUT2D eigenvalue weighted by molar-refractivity contribution is 7.70. The molecule has 0 saturated heterocycles. The average Bonchev–Trinajstić information content (AvgIpc) is 2.95. The fraction of sp³-hybridized carbons (Fsp3) is 0.250. The maximum Gasteiger partial charge on any atom is 0.334 e. The molecule has 2 aromatic rings. The highest BCUT2D eigenvalue weighted by Gasteiger charge is 2.49. The molecule has 1 heterocycles. The first-order valence-corrected chi connectivity index (χ1v) is 9.97. The maximum absolute atomic E-state index is 14.0. The number of methoxy groups -OCH3 is 1. The highest BCUT2D eigenvalue weighted by atomic mass is 31.2. The van der Waals surface area contributed by atoms with Crippen LogP contribution in [0.1, 0.15) is 30.1 Å². The van der Waals surface area contributed by atoms with Crippen molar-refractivity contribution in [1.29, 1.82) is 0 Å². The summed E-state index contributed by atoms with van der Waals surface area (Å²) in [5.41, 5.74) is 1.72. The zero-order valence-corrected chi connectivity index (χ0v) is 15.2. The quantitative estimate of drug-likeness (QED) is 0.557. The number of carbonyl (C=O) groups is 1. The number of esters is 1. The van der Waals surface area contributed by atoms with Gasteiger partial charge in [0.05, 0.1) is 30.3 Å². The molecule has 3 rings (SSSR count). The lowest BCUT2D eigenvalue weighted by atomic mass is 10.0. The van der Waals surface area contributed by atoms with E-state index in [9.17, 15) is 9.36 Å². The predicted octanol–water partition coefficient (Wildman–Crippen LogP) is 5.03. The lowest BCUT2D eigenvalue weighted by Crippen LogP contribution is -2.05. The Morgan fingerprint density at radius 3 is 2.24 bits per heavy atom. The molecule has 0 N–H and O–H groups in total. The van der Waals surface area contributed by atoms with Gasteiger partial charge in [0.1, 0.15) is 0 Å². The van der Waals surface area contributed by atoms with Crippen molar-refractivity contribution in [3.63, 3.8) is 0 Å². The average molecular weight is 356 g/mol. The molecule has 1 aliphatic heterocycles. The lowest BCUT2D eigenvalue weighted by molar-refractivity contribution is -0.136. The summed E-state index contributed by atoms with van der Waals surface area (Å²) in [6.45, 7) is 2.13. The fourth-order valence-electron chi connectivity index (χ4n) is 3.34. The van der Waals surface area contributed by atoms with E-state index in [-0.39, 0.29) is 5.66 Å². The van der Waals surface area contributed by atoms with Crippen LogP contribution in [0.4, 0.5) is 0 Å². The largest absolute Gasteiger partial charge is 0.466 e. The molecule has 4 nitrogen and oxygen atoms in total. The number of hydrogen-bond acceptors (Lipinski definition) is 4. The van der Waals surface area contributed by atoms with Crippen LogP contribution in [0.5, 0.6) is 0 Å². The van der Waals surface area contributed by atoms with E-state index < -0.39 is 13.3 Å². The summed E-state index contributed by atoms with van der Waals surface area (Å²) in [5.74, 6) is -0.447. The van der Waals surface area contributed by atoms with Crippen molar-refractivity contribution in [3.05, 3.63) is 77.4 Å². The zero-order chi connectivity index (χ0) is 17.9. The summed E-state index contributed by atoms with van der Waals surface area (Å²) in [7, 11) is -1.93. The van der Waals surface area contributed by atoms with E-state index in [4.69, 9.17) is 9.26 Å². The Kier molecular flexibility index (Phi) is 5.22. The molecule has 5 heteroatoms. The third-order valence-corrected chi connectivity index (χ3v) is 7.48. The van der Waals surface area contributed by atoms with Crippen LogP contribution < -0.4 is 0 Å². The first kappa shape index (κ1) is 17.7. The Morgan fingerprint density at radius 1 is 1.08 bits per heavy atom. The molecule has 25 heavy (non-hydrogen) atoms. The van der Waals surface area contributed by atoms with Crippen molar-refractivity contribution >= 4 is 18.7 Å². The van der Waals surface area contributed by atoms with E-state index in [0.717, 1.165) is 11.1 Å². The molecule has 0 amide bonds. The minimum Gasteiger partial charge on any atom is -0.466 e. The second kappa shape index (κ2) is 7.38. The smallest absolute Gasteiger partial charge is 0.334 e. The molecule has 130 valence electrons. The number of rotatable bonds is 5. The summed E-state index contributed by atoms with van der Waals surface area (Å²) in [5, 5.41) is 0.496. The van der Waals surface area contributed by atoms with Crippen LogP contribution in [0.15, 0.2) is 66.2 Å². The van der Waals surface area contributed by atoms with Gasteiger partial charge in [-0.05, 0) is 24.5 Å². The zero-order valence-electron chi connectivity index (χ0n) is 14.3. The number of ether oxygens (including phenoxy) is 1. The second-order valence-electron chi connectivity index (χ2n) is 5.83. The maximum atomic E-state index is 14.0. The van der Waals surface area contributed by atoms with E-state index >= 15 is 0 Å². The number of hydrogen-bond donors (Lipinski definition) is 0. The van der Waals surface area contributed by atoms with Gasteiger partial charge in [0.15, 0.2) is 0 Å². The predicted molar refractivity (Wildman–Crippen MR) is 98.4 cm³/mol. The molecule has 0 unspecified atom stereocenters. The molecule has 0 spiro atoms. The normalized spacial score (nSPS) is 22.9. The van der Waals surface area contributed by atoms with Crippen LogP contribution in [0.3, 0.4) is 0 Å². The Morgan fingerprint density at radius 2 is 1.68 bits per heavy atom. The van der Waals surface area contributed by atoms with Gasteiger partial charge in [0, 0.05) is 0 Å². The van der Waals surface area contributed by atoms with Crippen LogP contribution in [-0.2, 0) is 18.6 Å². The molecular formula is C20H21O4P. The van der Waals surface area contributed by atoms with E-state index in [1.54, 1.807) is 0 Å². The van der Waals surface area contributed by atoms with Crippen molar-refractivity contribution in [1.82, 2.24) is 0 Å². The molecular weight excluding hydrogens is 335 g/mol. The summed E-state index contributed by atoms with van der Waals surface area (Å²) >= 11 is 0. The van der Waals surface area contributed by atoms with Gasteiger partial charge in [0.25, 0.3) is 0 Å². The number of benzene rings is 2. The van der Waals surface area contributed by atoms with Crippen LogP contribution in [0.25, 0.3) is 5.31 Å². The minimum absolute atomic E-state index is 0.311. The fourth-order valence-corrected chi connectivity index (χ4v) is 6.40. The first-order chi connectivity index (χ1) is 12.1. The molecule has 0 aromatic heterocycles. The Labute approximate surface area is 147 Å². The lowest BCUT2D eigenvalue weighted by Gasteiger charge is -2.23. The van der Waals surface area contributed by atoms with Crippen LogP contribution in [-0.4, -0.2) is 19.7 Å². The van der Waals surface area contributed by atoms with E-state index in [1.807, 2.05) is 67.6 Å². The molecule has 0 saturated carbocycles. The highest BCUT2D eigenvalue weighted by Crippen LogP contribution is 2.76. The van der Waals surface area contributed by atoms with Gasteiger partial charge in [-0.15, -0.1) is 0 Å². The standard InChI is InChI=1S/C20H21O4P/c1-3-24-25(22)18(15-10-6-4-7-11-15)14-17(20(21)23-2)19(25)16-12-8-5-9-13-16/h4-13,18H,3,14H2,1-2H3/t18-,25+/m0/s1. The monoisotopic (exact) mass is 356 g/mol. The van der Waals surface area contributed by atoms with Crippen molar-refractivity contribution < 1.29 is 18.6 Å². The minimum atomic E-state index is -3.28. The van der Waals surface area contributed by atoms with Gasteiger partial charge in [-0.25, -0.2) is 4.79 Å². The van der Waals surface area contributed by atoms with Gasteiger partial charge in [-0.2, -0.15) is 0 Å². The van der Waals surface area contributed by atoms with Gasteiger partial charge in [-0.3, -0.25) is 4.57 Å². The van der Waals surface area contributed by atoms with Crippen LogP contribution >= 0.6 is 7.37 Å². The van der Waals surface area contributed by atoms with Crippen molar-refractivity contribution in [2.45, 2.75) is 19.0 Å². The van der Waals surface area contributed by atoms with Crippen LogP contribution in [0, 0.1) is 0 Å². The Balaban J connectivity index is 2.20. The van der Waals surface area contributed by atoms with Crippen molar-refractivity contribution in [2.24, 2.45) is 0 Å². The molecule has 0 fully saturated rings. The third kappa shape index (κ3) is 3.20. The van der Waals surface area contributed by atoms with Gasteiger partial charge in [-0.1, -0.05) is 60.7 Å². The second-order valence-corrected chi connectivity index (χ2v) is 8.35. The molecule has 2 atom stereocenters. The molecule has 2 aromatic carbocycles. The SMILES string of the molecule is CCO[P@@]1(=O)C(c2ccccc2)=C(C(=O)OC)C[C@H]1c1ccccc1. The van der Waals surface area contributed by atoms with Crippen LogP contribution in [0.2, 0.25) is 0 Å². The first-order valence-electron chi connectivity index (χ1n) is 8.28. The Bertz CT molecular complexity index is 827. The van der Waals surface area contributed by atoms with Gasteiger partial charge < -0.3 is 9.26 Å².